The number of benzene rings is 2. The number of methoxy groups -OCH3 is 1. The van der Waals surface area contributed by atoms with Gasteiger partial charge in [-0.15, -0.1) is 24.9 Å². The van der Waals surface area contributed by atoms with Crippen LogP contribution in [0.4, 0.5) is 13.2 Å². The van der Waals surface area contributed by atoms with E-state index < -0.39 is 30.0 Å². The Morgan fingerprint density at radius 1 is 1.15 bits per heavy atom. The summed E-state index contributed by atoms with van der Waals surface area (Å²) in [5, 5.41) is 4.81. The summed E-state index contributed by atoms with van der Waals surface area (Å²) in [6, 6.07) is 12.7. The fourth-order valence-electron chi connectivity index (χ4n) is 3.47. The van der Waals surface area contributed by atoms with Crippen molar-refractivity contribution < 1.29 is 32.2 Å². The highest BCUT2D eigenvalue weighted by Crippen LogP contribution is 2.31. The zero-order valence-corrected chi connectivity index (χ0v) is 19.2. The number of nitrogens with zero attached hydrogens (tertiary/aromatic N) is 3. The second-order valence-corrected chi connectivity index (χ2v) is 8.63. The first-order chi connectivity index (χ1) is 16.2. The van der Waals surface area contributed by atoms with E-state index in [9.17, 15) is 22.8 Å². The fraction of sp³-hybridized carbons (Fsp3) is 0.227. The largest absolute Gasteiger partial charge is 0.573 e. The lowest BCUT2D eigenvalue weighted by Gasteiger charge is -2.20. The molecule has 178 valence electrons. The molecule has 1 unspecified atom stereocenters. The van der Waals surface area contributed by atoms with Crippen LogP contribution in [0.1, 0.15) is 10.5 Å². The van der Waals surface area contributed by atoms with Crippen molar-refractivity contribution >= 4 is 35.2 Å². The van der Waals surface area contributed by atoms with Crippen molar-refractivity contribution in [2.75, 3.05) is 18.7 Å². The normalized spacial score (nSPS) is 15.9. The monoisotopic (exact) mass is 511 g/mol. The topological polar surface area (TPSA) is 73.7 Å². The van der Waals surface area contributed by atoms with Crippen molar-refractivity contribution in [1.82, 2.24) is 14.7 Å². The second kappa shape index (κ2) is 9.59. The minimum Gasteiger partial charge on any atom is -0.467 e. The van der Waals surface area contributed by atoms with Gasteiger partial charge in [0, 0.05) is 16.3 Å². The van der Waals surface area contributed by atoms with Gasteiger partial charge in [0.05, 0.1) is 24.4 Å². The molecule has 0 saturated carbocycles. The molecule has 3 aromatic rings. The number of ether oxygens (including phenoxy) is 2. The molecular weight excluding hydrogens is 495 g/mol. The van der Waals surface area contributed by atoms with Gasteiger partial charge in [-0.2, -0.15) is 5.10 Å². The van der Waals surface area contributed by atoms with Crippen LogP contribution in [-0.4, -0.2) is 57.7 Å². The number of hydrogen-bond acceptors (Lipinski definition) is 6. The molecule has 0 bridgehead atoms. The molecule has 1 atom stereocenters. The summed E-state index contributed by atoms with van der Waals surface area (Å²) in [7, 11) is 1.25. The van der Waals surface area contributed by atoms with Crippen LogP contribution in [-0.2, 0) is 9.53 Å². The molecule has 2 heterocycles. The smallest absolute Gasteiger partial charge is 0.467 e. The van der Waals surface area contributed by atoms with Gasteiger partial charge >= 0.3 is 12.3 Å². The van der Waals surface area contributed by atoms with Crippen molar-refractivity contribution in [3.63, 3.8) is 0 Å². The number of carbonyl (C=O) groups is 2. The molecule has 1 aliphatic rings. The Bertz CT molecular complexity index is 1230. The van der Waals surface area contributed by atoms with Crippen molar-refractivity contribution in [2.45, 2.75) is 12.4 Å². The summed E-state index contributed by atoms with van der Waals surface area (Å²) in [4.78, 5) is 26.7. The Morgan fingerprint density at radius 3 is 2.62 bits per heavy atom. The first-order valence-corrected chi connectivity index (χ1v) is 11.4. The third kappa shape index (κ3) is 5.15. The van der Waals surface area contributed by atoms with Gasteiger partial charge in [0.1, 0.15) is 11.8 Å². The maximum Gasteiger partial charge on any atom is 0.573 e. The fourth-order valence-corrected chi connectivity index (χ4v) is 4.79. The Balaban J connectivity index is 1.78. The van der Waals surface area contributed by atoms with Crippen LogP contribution in [0.15, 0.2) is 54.6 Å². The number of thioether (sulfide) groups is 1. The average Bonchev–Trinajstić information content (AvgIpc) is 3.45. The van der Waals surface area contributed by atoms with Crippen LogP contribution in [0.5, 0.6) is 5.75 Å². The molecule has 1 saturated heterocycles. The van der Waals surface area contributed by atoms with E-state index in [1.165, 1.54) is 52.7 Å². The van der Waals surface area contributed by atoms with Crippen molar-refractivity contribution in [1.29, 1.82) is 0 Å². The highest BCUT2D eigenvalue weighted by atomic mass is 35.5. The Morgan fingerprint density at radius 2 is 1.91 bits per heavy atom. The zero-order valence-electron chi connectivity index (χ0n) is 17.6. The number of amides is 1. The van der Waals surface area contributed by atoms with Gasteiger partial charge < -0.3 is 14.4 Å². The lowest BCUT2D eigenvalue weighted by Crippen LogP contribution is -2.42. The van der Waals surface area contributed by atoms with Crippen LogP contribution >= 0.6 is 23.4 Å². The lowest BCUT2D eigenvalue weighted by atomic mass is 10.1. The maximum atomic E-state index is 13.3. The molecule has 12 heteroatoms. The van der Waals surface area contributed by atoms with E-state index >= 15 is 0 Å². The first kappa shape index (κ1) is 24.0. The van der Waals surface area contributed by atoms with E-state index in [2.05, 4.69) is 9.84 Å². The predicted molar refractivity (Wildman–Crippen MR) is 120 cm³/mol. The molecule has 7 nitrogen and oxygen atoms in total. The summed E-state index contributed by atoms with van der Waals surface area (Å²) < 4.78 is 48.4. The van der Waals surface area contributed by atoms with Gasteiger partial charge in [0.25, 0.3) is 5.91 Å². The third-order valence-electron chi connectivity index (χ3n) is 4.96. The number of hydrogen-bond donors (Lipinski definition) is 0. The SMILES string of the molecule is COC(=O)C1CSCN1C(=O)c1cc(-c2cccc(OC(F)(F)F)c2)n(-c2cccc(Cl)c2)n1. The minimum absolute atomic E-state index is 0.00789. The van der Waals surface area contributed by atoms with E-state index in [1.54, 1.807) is 30.3 Å². The maximum absolute atomic E-state index is 13.3. The van der Waals surface area contributed by atoms with Crippen molar-refractivity contribution in [3.05, 3.63) is 65.3 Å². The highest BCUT2D eigenvalue weighted by molar-refractivity contribution is 7.99. The van der Waals surface area contributed by atoms with Gasteiger partial charge in [-0.05, 0) is 36.4 Å². The molecule has 0 radical (unpaired) electrons. The van der Waals surface area contributed by atoms with Gasteiger partial charge in [-0.1, -0.05) is 29.8 Å². The molecule has 1 aromatic heterocycles. The van der Waals surface area contributed by atoms with E-state index in [0.717, 1.165) is 0 Å². The van der Waals surface area contributed by atoms with E-state index in [1.807, 2.05) is 0 Å². The number of esters is 1. The molecule has 2 aromatic carbocycles. The molecule has 1 fully saturated rings. The number of carbonyl (C=O) groups excluding carboxylic acids is 2. The number of halogens is 4. The van der Waals surface area contributed by atoms with Crippen LogP contribution in [0.25, 0.3) is 16.9 Å². The predicted octanol–water partition coefficient (Wildman–Crippen LogP) is 4.78. The molecular formula is C22H17ClF3N3O4S. The molecule has 34 heavy (non-hydrogen) atoms. The summed E-state index contributed by atoms with van der Waals surface area (Å²) in [5.41, 5.74) is 1.16. The van der Waals surface area contributed by atoms with Crippen LogP contribution in [0.3, 0.4) is 0 Å². The zero-order chi connectivity index (χ0) is 24.5. The summed E-state index contributed by atoms with van der Waals surface area (Å²) >= 11 is 7.52. The summed E-state index contributed by atoms with van der Waals surface area (Å²) in [6.07, 6.45) is -4.86. The van der Waals surface area contributed by atoms with Crippen molar-refractivity contribution in [2.24, 2.45) is 0 Å². The molecule has 0 N–H and O–H groups in total. The molecule has 4 rings (SSSR count). The quantitative estimate of drug-likeness (QED) is 0.459. The molecule has 1 aliphatic heterocycles. The van der Waals surface area contributed by atoms with Crippen LogP contribution in [0, 0.1) is 0 Å². The standard InChI is InChI=1S/C22H17ClF3N3O4S/c1-32-21(31)19-11-34-12-28(19)20(30)17-10-18(29(27-17)15-6-3-5-14(23)9-15)13-4-2-7-16(8-13)33-22(24,25)26/h2-10,19H,11-12H2,1H3. The summed E-state index contributed by atoms with van der Waals surface area (Å²) in [5.74, 6) is -0.808. The van der Waals surface area contributed by atoms with Gasteiger partial charge in [0.2, 0.25) is 0 Å². The minimum atomic E-state index is -4.86. The molecule has 0 aliphatic carbocycles. The van der Waals surface area contributed by atoms with Gasteiger partial charge in [0.15, 0.2) is 5.69 Å². The van der Waals surface area contributed by atoms with Crippen molar-refractivity contribution in [3.8, 4) is 22.7 Å². The Kier molecular flexibility index (Phi) is 6.76. The second-order valence-electron chi connectivity index (χ2n) is 7.20. The lowest BCUT2D eigenvalue weighted by molar-refractivity contribution is -0.274. The molecule has 1 amide bonds. The van der Waals surface area contributed by atoms with E-state index in [-0.39, 0.29) is 11.6 Å². The van der Waals surface area contributed by atoms with Crippen LogP contribution < -0.4 is 4.74 Å². The number of alkyl halides is 3. The third-order valence-corrected chi connectivity index (χ3v) is 6.21. The number of rotatable bonds is 5. The van der Waals surface area contributed by atoms with Gasteiger partial charge in [-0.3, -0.25) is 4.79 Å². The van der Waals surface area contributed by atoms with E-state index in [0.29, 0.717) is 27.7 Å². The Hall–Kier alpha value is -3.18. The Labute approximate surface area is 201 Å². The molecule has 0 spiro atoms. The van der Waals surface area contributed by atoms with Gasteiger partial charge in [-0.25, -0.2) is 9.48 Å². The highest BCUT2D eigenvalue weighted by Gasteiger charge is 2.37. The number of aromatic nitrogens is 2. The average molecular weight is 512 g/mol. The first-order valence-electron chi connectivity index (χ1n) is 9.85. The van der Waals surface area contributed by atoms with Crippen LogP contribution in [0.2, 0.25) is 5.02 Å². The summed E-state index contributed by atoms with van der Waals surface area (Å²) in [6.45, 7) is 0. The van der Waals surface area contributed by atoms with E-state index in [4.69, 9.17) is 16.3 Å².